The lowest BCUT2D eigenvalue weighted by molar-refractivity contribution is -0.117. The predicted octanol–water partition coefficient (Wildman–Crippen LogP) is 10.4. The molecule has 6 bridgehead atoms. The molecule has 18 rings (SSSR count). The van der Waals surface area contributed by atoms with Gasteiger partial charge < -0.3 is 0 Å². The van der Waals surface area contributed by atoms with E-state index in [4.69, 9.17) is 9.97 Å². The minimum absolute atomic E-state index is 0.0331. The summed E-state index contributed by atoms with van der Waals surface area (Å²) in [6.45, 7) is 0. The minimum atomic E-state index is -0.364. The standard InChI is InChI=1S/C54H30N2O2/c57-53-49-45-29-15-5-7-17-31(29)46(32-18-8-6-16-30(32)45)50(49)54(58)52-48-34-20-10-9-19-33(34)47(51(52)53)37-23-41-42(24-38(37)48)56-40-22-36-35(21-39(40)55-41)43-25-11-1-2-12-26(25)44(36)28-14-4-3-13-27(28)43/h1-24,43-48H/t43?,44?,45?,46?,47-,48+. The molecule has 0 fully saturated rings. The van der Waals surface area contributed by atoms with Crippen molar-refractivity contribution in [3.63, 3.8) is 0 Å². The molecule has 268 valence electrons. The molecule has 0 amide bonds. The maximum Gasteiger partial charge on any atom is 0.187 e. The van der Waals surface area contributed by atoms with Crippen LogP contribution in [0.3, 0.4) is 0 Å². The van der Waals surface area contributed by atoms with Crippen molar-refractivity contribution in [1.82, 2.24) is 9.97 Å². The molecule has 2 atom stereocenters. The summed E-state index contributed by atoms with van der Waals surface area (Å²) in [7, 11) is 0. The van der Waals surface area contributed by atoms with Crippen LogP contribution >= 0.6 is 0 Å². The van der Waals surface area contributed by atoms with Crippen molar-refractivity contribution in [1.29, 1.82) is 0 Å². The second-order valence-corrected chi connectivity index (χ2v) is 17.2. The highest BCUT2D eigenvalue weighted by Crippen LogP contribution is 2.64. The number of allylic oxidation sites excluding steroid dienone is 4. The second-order valence-electron chi connectivity index (χ2n) is 17.2. The highest BCUT2D eigenvalue weighted by molar-refractivity contribution is 6.30. The summed E-state index contributed by atoms with van der Waals surface area (Å²) >= 11 is 0. The fourth-order valence-electron chi connectivity index (χ4n) is 12.9. The molecule has 0 unspecified atom stereocenters. The Bertz CT molecular complexity index is 3120. The molecule has 58 heavy (non-hydrogen) atoms. The Labute approximate surface area is 333 Å². The highest BCUT2D eigenvalue weighted by atomic mass is 16.1. The van der Waals surface area contributed by atoms with Crippen molar-refractivity contribution in [2.45, 2.75) is 35.5 Å². The van der Waals surface area contributed by atoms with Crippen molar-refractivity contribution < 1.29 is 9.59 Å². The van der Waals surface area contributed by atoms with Gasteiger partial charge in [0.2, 0.25) is 0 Å². The topological polar surface area (TPSA) is 59.9 Å². The maximum atomic E-state index is 15.5. The van der Waals surface area contributed by atoms with Crippen molar-refractivity contribution in [3.05, 3.63) is 246 Å². The average Bonchev–Trinajstić information content (AvgIpc) is 3.28. The first-order valence-corrected chi connectivity index (χ1v) is 20.4. The Morgan fingerprint density at radius 2 is 0.448 bits per heavy atom. The molecule has 0 saturated carbocycles. The molecule has 4 nitrogen and oxygen atoms in total. The summed E-state index contributed by atoms with van der Waals surface area (Å²) in [5, 5.41) is 0. The van der Waals surface area contributed by atoms with Crippen LogP contribution in [0.4, 0.5) is 0 Å². The Morgan fingerprint density at radius 3 is 0.690 bits per heavy atom. The van der Waals surface area contributed by atoms with E-state index >= 15 is 9.59 Å². The third kappa shape index (κ3) is 3.33. The number of hydrogen-bond acceptors (Lipinski definition) is 4. The normalized spacial score (nSPS) is 24.1. The maximum absolute atomic E-state index is 15.5. The van der Waals surface area contributed by atoms with Crippen LogP contribution in [0.2, 0.25) is 0 Å². The second kappa shape index (κ2) is 10.1. The SMILES string of the molecule is O=C1C2=C(C(=O)C3=C1[C@@H]1c4ccccc4[C@H]3c3cc4nc5cc6c(cc5nc4cc31)C1c3ccccc3C6c3ccccc31)C1c3ccccc3C2c2ccccc21. The summed E-state index contributed by atoms with van der Waals surface area (Å²) in [6.07, 6.45) is 0. The minimum Gasteiger partial charge on any atom is -0.289 e. The zero-order chi connectivity index (χ0) is 37.7. The molecule has 0 aliphatic heterocycles. The number of Topliss-reactive ketones (excluding diaryl/α,β-unsaturated/α-hetero) is 2. The van der Waals surface area contributed by atoms with Crippen molar-refractivity contribution in [3.8, 4) is 0 Å². The summed E-state index contributed by atoms with van der Waals surface area (Å²) in [4.78, 5) is 41.7. The number of carbonyl (C=O) groups is 2. The molecule has 10 aliphatic carbocycles. The largest absolute Gasteiger partial charge is 0.289 e. The van der Waals surface area contributed by atoms with E-state index in [9.17, 15) is 0 Å². The van der Waals surface area contributed by atoms with Gasteiger partial charge in [-0.05, 0) is 102 Å². The van der Waals surface area contributed by atoms with Gasteiger partial charge in [0.05, 0.1) is 22.1 Å². The molecular weight excluding hydrogens is 709 g/mol. The van der Waals surface area contributed by atoms with Crippen LogP contribution in [-0.4, -0.2) is 21.5 Å². The molecule has 1 heterocycles. The Kier molecular flexibility index (Phi) is 5.24. The Morgan fingerprint density at radius 1 is 0.259 bits per heavy atom. The molecule has 0 N–H and O–H groups in total. The zero-order valence-corrected chi connectivity index (χ0v) is 31.0. The lowest BCUT2D eigenvalue weighted by atomic mass is 9.51. The molecular formula is C54H30N2O2. The van der Waals surface area contributed by atoms with Gasteiger partial charge in [-0.25, -0.2) is 9.97 Å². The lowest BCUT2D eigenvalue weighted by Crippen LogP contribution is -2.43. The molecule has 8 aromatic rings. The van der Waals surface area contributed by atoms with Gasteiger partial charge in [-0.2, -0.15) is 0 Å². The summed E-state index contributed by atoms with van der Waals surface area (Å²) in [6, 6.07) is 52.0. The predicted molar refractivity (Wildman–Crippen MR) is 223 cm³/mol. The van der Waals surface area contributed by atoms with Crippen LogP contribution in [0.1, 0.15) is 113 Å². The van der Waals surface area contributed by atoms with E-state index in [0.717, 1.165) is 66.6 Å². The van der Waals surface area contributed by atoms with Crippen LogP contribution < -0.4 is 0 Å². The van der Waals surface area contributed by atoms with Crippen molar-refractivity contribution in [2.24, 2.45) is 0 Å². The van der Waals surface area contributed by atoms with Gasteiger partial charge in [0, 0.05) is 57.8 Å². The van der Waals surface area contributed by atoms with E-state index in [2.05, 4.69) is 146 Å². The highest BCUT2D eigenvalue weighted by Gasteiger charge is 2.56. The number of rotatable bonds is 0. The molecule has 7 aromatic carbocycles. The van der Waals surface area contributed by atoms with Crippen LogP contribution in [0.15, 0.2) is 168 Å². The summed E-state index contributed by atoms with van der Waals surface area (Å²) in [5.74, 6) is -0.883. The van der Waals surface area contributed by atoms with Gasteiger partial charge >= 0.3 is 0 Å². The van der Waals surface area contributed by atoms with Gasteiger partial charge in [-0.1, -0.05) is 121 Å². The number of carbonyl (C=O) groups excluding carboxylic acids is 2. The Balaban J connectivity index is 0.936. The number of fused-ring (bicyclic) bond motifs is 2. The first-order valence-electron chi connectivity index (χ1n) is 20.4. The first-order chi connectivity index (χ1) is 28.6. The number of hydrogen-bond donors (Lipinski definition) is 0. The Hall–Kier alpha value is -7.04. The third-order valence-corrected chi connectivity index (χ3v) is 14.9. The number of benzene rings is 7. The monoisotopic (exact) mass is 738 g/mol. The average molecular weight is 739 g/mol. The van der Waals surface area contributed by atoms with E-state index < -0.39 is 0 Å². The third-order valence-electron chi connectivity index (χ3n) is 14.9. The first kappa shape index (κ1) is 30.1. The number of ketones is 2. The van der Waals surface area contributed by atoms with Crippen LogP contribution in [-0.2, 0) is 9.59 Å². The summed E-state index contributed by atoms with van der Waals surface area (Å²) in [5.41, 5.74) is 23.2. The zero-order valence-electron chi connectivity index (χ0n) is 31.0. The molecule has 0 radical (unpaired) electrons. The molecule has 0 spiro atoms. The fraction of sp³-hybridized carbons (Fsp3) is 0.111. The summed E-state index contributed by atoms with van der Waals surface area (Å²) < 4.78 is 0. The molecule has 1 aromatic heterocycles. The van der Waals surface area contributed by atoms with E-state index in [1.54, 1.807) is 0 Å². The van der Waals surface area contributed by atoms with Crippen molar-refractivity contribution in [2.75, 3.05) is 0 Å². The van der Waals surface area contributed by atoms with Crippen molar-refractivity contribution >= 4 is 33.6 Å². The van der Waals surface area contributed by atoms with Gasteiger partial charge in [0.15, 0.2) is 11.6 Å². The lowest BCUT2D eigenvalue weighted by Gasteiger charge is -2.49. The van der Waals surface area contributed by atoms with E-state index in [1.165, 1.54) is 33.4 Å². The quantitative estimate of drug-likeness (QED) is 0.115. The van der Waals surface area contributed by atoms with E-state index in [0.29, 0.717) is 22.3 Å². The van der Waals surface area contributed by atoms with Crippen LogP contribution in [0.5, 0.6) is 0 Å². The van der Waals surface area contributed by atoms with Crippen LogP contribution in [0, 0.1) is 0 Å². The number of aromatic nitrogens is 2. The van der Waals surface area contributed by atoms with E-state index in [1.807, 2.05) is 0 Å². The van der Waals surface area contributed by atoms with Crippen LogP contribution in [0.25, 0.3) is 22.1 Å². The number of nitrogens with zero attached hydrogens (tertiary/aromatic N) is 2. The molecule has 0 saturated heterocycles. The van der Waals surface area contributed by atoms with Gasteiger partial charge in [0.25, 0.3) is 0 Å². The van der Waals surface area contributed by atoms with Gasteiger partial charge in [0.1, 0.15) is 0 Å². The fourth-order valence-corrected chi connectivity index (χ4v) is 12.9. The molecule has 4 heteroatoms. The smallest absolute Gasteiger partial charge is 0.187 e. The molecule has 10 aliphatic rings. The van der Waals surface area contributed by atoms with E-state index in [-0.39, 0.29) is 47.1 Å². The van der Waals surface area contributed by atoms with Gasteiger partial charge in [-0.3, -0.25) is 9.59 Å². The van der Waals surface area contributed by atoms with Gasteiger partial charge in [-0.15, -0.1) is 0 Å².